The highest BCUT2D eigenvalue weighted by Gasteiger charge is 2.21. The molecule has 1 atom stereocenters. The Hall–Kier alpha value is -1.89. The van der Waals surface area contributed by atoms with Gasteiger partial charge in [0.05, 0.1) is 17.9 Å². The number of carbonyl (C=O) groups excluding carboxylic acids is 2. The SMILES string of the molecule is CC(C)[C@H](NC(=O)CCc1cc2n(n1)CCNC2)C(N)=O. The Kier molecular flexibility index (Phi) is 4.95. The second kappa shape index (κ2) is 6.71. The topological polar surface area (TPSA) is 102 Å². The Labute approximate surface area is 124 Å². The number of aromatic nitrogens is 2. The highest BCUT2D eigenvalue weighted by Crippen LogP contribution is 2.10. The molecule has 0 aromatic carbocycles. The molecule has 21 heavy (non-hydrogen) atoms. The van der Waals surface area contributed by atoms with Crippen LogP contribution >= 0.6 is 0 Å². The molecule has 2 amide bonds. The fourth-order valence-electron chi connectivity index (χ4n) is 2.43. The third kappa shape index (κ3) is 4.04. The van der Waals surface area contributed by atoms with Crippen LogP contribution in [0.25, 0.3) is 0 Å². The molecule has 116 valence electrons. The summed E-state index contributed by atoms with van der Waals surface area (Å²) in [7, 11) is 0. The molecule has 0 bridgehead atoms. The van der Waals surface area contributed by atoms with Gasteiger partial charge in [0.1, 0.15) is 6.04 Å². The van der Waals surface area contributed by atoms with Gasteiger partial charge in [0.25, 0.3) is 0 Å². The number of aryl methyl sites for hydroxylation is 1. The van der Waals surface area contributed by atoms with E-state index in [2.05, 4.69) is 15.7 Å². The second-order valence-corrected chi connectivity index (χ2v) is 5.72. The first-order valence-corrected chi connectivity index (χ1v) is 7.32. The molecular formula is C14H23N5O2. The summed E-state index contributed by atoms with van der Waals surface area (Å²) in [6.45, 7) is 6.30. The fourth-order valence-corrected chi connectivity index (χ4v) is 2.43. The minimum absolute atomic E-state index is 0.0163. The van der Waals surface area contributed by atoms with Crippen molar-refractivity contribution in [1.82, 2.24) is 20.4 Å². The maximum absolute atomic E-state index is 11.9. The predicted octanol–water partition coefficient (Wildman–Crippen LogP) is -0.455. The van der Waals surface area contributed by atoms with Gasteiger partial charge in [-0.05, 0) is 12.0 Å². The van der Waals surface area contributed by atoms with Crippen LogP contribution in [0.1, 0.15) is 31.7 Å². The minimum Gasteiger partial charge on any atom is -0.368 e. The molecule has 2 heterocycles. The van der Waals surface area contributed by atoms with Crippen LogP contribution in [0.4, 0.5) is 0 Å². The maximum Gasteiger partial charge on any atom is 0.240 e. The van der Waals surface area contributed by atoms with Gasteiger partial charge in [0.15, 0.2) is 0 Å². The zero-order valence-corrected chi connectivity index (χ0v) is 12.6. The largest absolute Gasteiger partial charge is 0.368 e. The number of fused-ring (bicyclic) bond motifs is 1. The Morgan fingerprint density at radius 1 is 1.52 bits per heavy atom. The molecule has 1 aliphatic heterocycles. The van der Waals surface area contributed by atoms with Crippen LogP contribution in [0.15, 0.2) is 6.07 Å². The molecule has 0 saturated heterocycles. The number of hydrogen-bond donors (Lipinski definition) is 3. The van der Waals surface area contributed by atoms with Crippen LogP contribution in [0, 0.1) is 5.92 Å². The van der Waals surface area contributed by atoms with Gasteiger partial charge in [-0.2, -0.15) is 5.10 Å². The van der Waals surface area contributed by atoms with Crippen LogP contribution in [0.5, 0.6) is 0 Å². The van der Waals surface area contributed by atoms with Crippen molar-refractivity contribution in [3.63, 3.8) is 0 Å². The number of nitrogens with two attached hydrogens (primary N) is 1. The molecule has 0 unspecified atom stereocenters. The smallest absolute Gasteiger partial charge is 0.240 e. The van der Waals surface area contributed by atoms with Crippen LogP contribution in [0.3, 0.4) is 0 Å². The predicted molar refractivity (Wildman–Crippen MR) is 78.2 cm³/mol. The summed E-state index contributed by atoms with van der Waals surface area (Å²) in [4.78, 5) is 23.2. The summed E-state index contributed by atoms with van der Waals surface area (Å²) in [5.74, 6) is -0.684. The maximum atomic E-state index is 11.9. The van der Waals surface area contributed by atoms with Gasteiger partial charge < -0.3 is 16.4 Å². The van der Waals surface area contributed by atoms with Crippen molar-refractivity contribution in [2.45, 2.75) is 45.8 Å². The van der Waals surface area contributed by atoms with Crippen LogP contribution in [0.2, 0.25) is 0 Å². The van der Waals surface area contributed by atoms with E-state index >= 15 is 0 Å². The summed E-state index contributed by atoms with van der Waals surface area (Å²) in [6, 6.07) is 1.41. The summed E-state index contributed by atoms with van der Waals surface area (Å²) in [5.41, 5.74) is 7.34. The Bertz CT molecular complexity index is 500. The zero-order chi connectivity index (χ0) is 15.4. The molecule has 0 saturated carbocycles. The Morgan fingerprint density at radius 3 is 2.90 bits per heavy atom. The van der Waals surface area contributed by atoms with E-state index in [1.807, 2.05) is 24.6 Å². The number of amides is 2. The van der Waals surface area contributed by atoms with Gasteiger partial charge >= 0.3 is 0 Å². The van der Waals surface area contributed by atoms with E-state index in [1.165, 1.54) is 0 Å². The standard InChI is InChI=1S/C14H23N5O2/c1-9(2)13(14(15)21)17-12(20)4-3-10-7-11-8-16-5-6-19(11)18-10/h7,9,13,16H,3-6,8H2,1-2H3,(H2,15,21)(H,17,20)/t13-/m0/s1. The van der Waals surface area contributed by atoms with E-state index in [0.717, 1.165) is 31.0 Å². The van der Waals surface area contributed by atoms with Gasteiger partial charge in [-0.15, -0.1) is 0 Å². The van der Waals surface area contributed by atoms with Gasteiger partial charge in [0.2, 0.25) is 11.8 Å². The number of primary amides is 1. The Balaban J connectivity index is 1.86. The number of nitrogens with zero attached hydrogens (tertiary/aromatic N) is 2. The van der Waals surface area contributed by atoms with Crippen molar-refractivity contribution in [3.8, 4) is 0 Å². The lowest BCUT2D eigenvalue weighted by Crippen LogP contribution is -2.47. The van der Waals surface area contributed by atoms with Crippen molar-refractivity contribution in [2.75, 3.05) is 6.54 Å². The van der Waals surface area contributed by atoms with Crippen molar-refractivity contribution < 1.29 is 9.59 Å². The molecule has 0 fully saturated rings. The van der Waals surface area contributed by atoms with Gasteiger partial charge in [-0.1, -0.05) is 13.8 Å². The van der Waals surface area contributed by atoms with Crippen molar-refractivity contribution in [3.05, 3.63) is 17.5 Å². The van der Waals surface area contributed by atoms with Gasteiger partial charge in [-0.25, -0.2) is 0 Å². The van der Waals surface area contributed by atoms with E-state index in [4.69, 9.17) is 5.73 Å². The summed E-state index contributed by atoms with van der Waals surface area (Å²) >= 11 is 0. The molecule has 2 rings (SSSR count). The summed E-state index contributed by atoms with van der Waals surface area (Å²) in [5, 5.41) is 10.4. The lowest BCUT2D eigenvalue weighted by atomic mass is 10.0. The summed E-state index contributed by atoms with van der Waals surface area (Å²) in [6.07, 6.45) is 0.871. The monoisotopic (exact) mass is 293 g/mol. The molecule has 1 aliphatic rings. The third-order valence-corrected chi connectivity index (χ3v) is 3.62. The normalized spacial score (nSPS) is 15.6. The minimum atomic E-state index is -0.614. The fraction of sp³-hybridized carbons (Fsp3) is 0.643. The molecule has 0 spiro atoms. The van der Waals surface area contributed by atoms with Crippen molar-refractivity contribution >= 4 is 11.8 Å². The van der Waals surface area contributed by atoms with E-state index in [1.54, 1.807) is 0 Å². The molecule has 1 aromatic rings. The average molecular weight is 293 g/mol. The quantitative estimate of drug-likeness (QED) is 0.661. The van der Waals surface area contributed by atoms with Crippen LogP contribution < -0.4 is 16.4 Å². The first-order valence-electron chi connectivity index (χ1n) is 7.32. The number of nitrogens with one attached hydrogen (secondary N) is 2. The molecule has 7 nitrogen and oxygen atoms in total. The lowest BCUT2D eigenvalue weighted by molar-refractivity contribution is -0.128. The van der Waals surface area contributed by atoms with E-state index < -0.39 is 11.9 Å². The van der Waals surface area contributed by atoms with Crippen molar-refractivity contribution in [2.24, 2.45) is 11.7 Å². The molecular weight excluding hydrogens is 270 g/mol. The number of carbonyl (C=O) groups is 2. The zero-order valence-electron chi connectivity index (χ0n) is 12.6. The van der Waals surface area contributed by atoms with E-state index in [0.29, 0.717) is 12.8 Å². The number of rotatable bonds is 6. The van der Waals surface area contributed by atoms with Crippen LogP contribution in [-0.2, 0) is 29.1 Å². The van der Waals surface area contributed by atoms with E-state index in [-0.39, 0.29) is 11.8 Å². The number of hydrogen-bond acceptors (Lipinski definition) is 4. The molecule has 4 N–H and O–H groups in total. The highest BCUT2D eigenvalue weighted by atomic mass is 16.2. The second-order valence-electron chi connectivity index (χ2n) is 5.72. The molecule has 7 heteroatoms. The third-order valence-electron chi connectivity index (χ3n) is 3.62. The van der Waals surface area contributed by atoms with Gasteiger partial charge in [0, 0.05) is 25.9 Å². The average Bonchev–Trinajstić information content (AvgIpc) is 2.84. The molecule has 1 aromatic heterocycles. The molecule has 0 radical (unpaired) electrons. The first kappa shape index (κ1) is 15.5. The highest BCUT2D eigenvalue weighted by molar-refractivity contribution is 5.86. The lowest BCUT2D eigenvalue weighted by Gasteiger charge is -2.18. The van der Waals surface area contributed by atoms with E-state index in [9.17, 15) is 9.59 Å². The Morgan fingerprint density at radius 2 is 2.29 bits per heavy atom. The summed E-state index contributed by atoms with van der Waals surface area (Å²) < 4.78 is 1.98. The first-order chi connectivity index (χ1) is 9.97. The van der Waals surface area contributed by atoms with Crippen LogP contribution in [-0.4, -0.2) is 34.2 Å². The van der Waals surface area contributed by atoms with Crippen molar-refractivity contribution in [1.29, 1.82) is 0 Å². The molecule has 0 aliphatic carbocycles. The van der Waals surface area contributed by atoms with Gasteiger partial charge in [-0.3, -0.25) is 14.3 Å².